The summed E-state index contributed by atoms with van der Waals surface area (Å²) in [5, 5.41) is 4.16. The fourth-order valence-electron chi connectivity index (χ4n) is 2.03. The molecule has 1 atom stereocenters. The van der Waals surface area contributed by atoms with Crippen LogP contribution in [0.4, 0.5) is 0 Å². The minimum Gasteiger partial charge on any atom is -0.469 e. The van der Waals surface area contributed by atoms with Crippen molar-refractivity contribution < 1.29 is 9.53 Å². The average Bonchev–Trinajstić information content (AvgIpc) is 2.39. The third-order valence-electron chi connectivity index (χ3n) is 2.96. The van der Waals surface area contributed by atoms with E-state index in [0.29, 0.717) is 13.0 Å². The Balaban J connectivity index is 1.99. The molecule has 0 spiro atoms. The van der Waals surface area contributed by atoms with Crippen LogP contribution in [-0.2, 0) is 9.53 Å². The third-order valence-corrected chi connectivity index (χ3v) is 4.32. The van der Waals surface area contributed by atoms with Gasteiger partial charge < -0.3 is 10.1 Å². The Hall–Kier alpha value is -0.710. The maximum atomic E-state index is 11.1. The standard InChI is InChI=1S/C13H16ClNO2S/c1-17-13(16)4-6-15-11-5-7-18-12-3-2-9(14)8-10(11)12/h2-3,8,11,15H,4-7H2,1H3. The van der Waals surface area contributed by atoms with E-state index in [1.807, 2.05) is 23.9 Å². The van der Waals surface area contributed by atoms with Gasteiger partial charge in [-0.25, -0.2) is 0 Å². The van der Waals surface area contributed by atoms with E-state index in [1.54, 1.807) is 0 Å². The van der Waals surface area contributed by atoms with Gasteiger partial charge in [-0.1, -0.05) is 11.6 Å². The first-order chi connectivity index (χ1) is 8.70. The molecule has 1 heterocycles. The number of rotatable bonds is 4. The molecular weight excluding hydrogens is 270 g/mol. The molecule has 0 radical (unpaired) electrons. The first kappa shape index (κ1) is 13.7. The normalized spacial score (nSPS) is 18.2. The zero-order valence-electron chi connectivity index (χ0n) is 10.2. The zero-order valence-corrected chi connectivity index (χ0v) is 11.8. The highest BCUT2D eigenvalue weighted by Crippen LogP contribution is 2.37. The molecule has 1 aromatic rings. The summed E-state index contributed by atoms with van der Waals surface area (Å²) in [7, 11) is 1.41. The van der Waals surface area contributed by atoms with Crippen LogP contribution in [0.1, 0.15) is 24.4 Å². The fraction of sp³-hybridized carbons (Fsp3) is 0.462. The van der Waals surface area contributed by atoms with Gasteiger partial charge in [-0.3, -0.25) is 4.79 Å². The van der Waals surface area contributed by atoms with Crippen molar-refractivity contribution in [3.05, 3.63) is 28.8 Å². The molecule has 0 saturated carbocycles. The molecule has 1 unspecified atom stereocenters. The summed E-state index contributed by atoms with van der Waals surface area (Å²) >= 11 is 7.89. The summed E-state index contributed by atoms with van der Waals surface area (Å²) in [4.78, 5) is 12.3. The van der Waals surface area contributed by atoms with Crippen molar-refractivity contribution >= 4 is 29.3 Å². The lowest BCUT2D eigenvalue weighted by molar-refractivity contribution is -0.140. The number of esters is 1. The Morgan fingerprint density at radius 2 is 2.44 bits per heavy atom. The maximum absolute atomic E-state index is 11.1. The Kier molecular flexibility index (Phi) is 4.92. The fourth-order valence-corrected chi connectivity index (χ4v) is 3.31. The topological polar surface area (TPSA) is 38.3 Å². The van der Waals surface area contributed by atoms with Crippen molar-refractivity contribution in [2.75, 3.05) is 19.4 Å². The van der Waals surface area contributed by atoms with E-state index >= 15 is 0 Å². The van der Waals surface area contributed by atoms with Crippen LogP contribution in [0.25, 0.3) is 0 Å². The number of hydrogen-bond donors (Lipinski definition) is 1. The van der Waals surface area contributed by atoms with Gasteiger partial charge in [-0.2, -0.15) is 0 Å². The molecule has 1 aromatic carbocycles. The van der Waals surface area contributed by atoms with Gasteiger partial charge in [0.05, 0.1) is 13.5 Å². The van der Waals surface area contributed by atoms with Crippen LogP contribution in [0.15, 0.2) is 23.1 Å². The highest BCUT2D eigenvalue weighted by Gasteiger charge is 2.20. The molecule has 5 heteroatoms. The van der Waals surface area contributed by atoms with Crippen LogP contribution in [0.5, 0.6) is 0 Å². The second kappa shape index (κ2) is 6.45. The minimum atomic E-state index is -0.181. The van der Waals surface area contributed by atoms with Gasteiger partial charge >= 0.3 is 5.97 Å². The zero-order chi connectivity index (χ0) is 13.0. The summed E-state index contributed by atoms with van der Waals surface area (Å²) in [6.45, 7) is 0.633. The minimum absolute atomic E-state index is 0.181. The molecule has 2 rings (SSSR count). The molecule has 0 fully saturated rings. The van der Waals surface area contributed by atoms with Crippen LogP contribution in [0, 0.1) is 0 Å². The van der Waals surface area contributed by atoms with Gasteiger partial charge in [0, 0.05) is 22.5 Å². The van der Waals surface area contributed by atoms with Crippen molar-refractivity contribution in [1.29, 1.82) is 0 Å². The Morgan fingerprint density at radius 3 is 3.22 bits per heavy atom. The summed E-state index contributed by atoms with van der Waals surface area (Å²) in [5.41, 5.74) is 1.24. The van der Waals surface area contributed by atoms with Gasteiger partial charge in [-0.15, -0.1) is 11.8 Å². The van der Waals surface area contributed by atoms with Crippen molar-refractivity contribution in [1.82, 2.24) is 5.32 Å². The van der Waals surface area contributed by atoms with Crippen LogP contribution < -0.4 is 5.32 Å². The van der Waals surface area contributed by atoms with Crippen LogP contribution >= 0.6 is 23.4 Å². The highest BCUT2D eigenvalue weighted by molar-refractivity contribution is 7.99. The van der Waals surface area contributed by atoms with Crippen molar-refractivity contribution in [3.63, 3.8) is 0 Å². The smallest absolute Gasteiger partial charge is 0.306 e. The number of benzene rings is 1. The number of ether oxygens (including phenoxy) is 1. The Morgan fingerprint density at radius 1 is 1.61 bits per heavy atom. The quantitative estimate of drug-likeness (QED) is 0.863. The number of fused-ring (bicyclic) bond motifs is 1. The molecule has 0 saturated heterocycles. The molecule has 1 aliphatic heterocycles. The molecule has 0 aromatic heterocycles. The predicted molar refractivity (Wildman–Crippen MR) is 74.2 cm³/mol. The maximum Gasteiger partial charge on any atom is 0.306 e. The Labute approximate surface area is 116 Å². The lowest BCUT2D eigenvalue weighted by atomic mass is 10.0. The number of halogens is 1. The molecular formula is C13H16ClNO2S. The summed E-state index contributed by atoms with van der Waals surface area (Å²) in [6.07, 6.45) is 1.45. The van der Waals surface area contributed by atoms with Gasteiger partial charge in [0.25, 0.3) is 0 Å². The van der Waals surface area contributed by atoms with Gasteiger partial charge in [0.1, 0.15) is 0 Å². The first-order valence-electron chi connectivity index (χ1n) is 5.93. The van der Waals surface area contributed by atoms with E-state index < -0.39 is 0 Å². The second-order valence-corrected chi connectivity index (χ2v) is 5.73. The molecule has 1 N–H and O–H groups in total. The number of nitrogens with one attached hydrogen (secondary N) is 1. The highest BCUT2D eigenvalue weighted by atomic mass is 35.5. The van der Waals surface area contributed by atoms with E-state index in [9.17, 15) is 4.79 Å². The number of thioether (sulfide) groups is 1. The Bertz CT molecular complexity index is 439. The van der Waals surface area contributed by atoms with E-state index in [1.165, 1.54) is 17.6 Å². The average molecular weight is 286 g/mol. The summed E-state index contributed by atoms with van der Waals surface area (Å²) < 4.78 is 4.62. The largest absolute Gasteiger partial charge is 0.469 e. The van der Waals surface area contributed by atoms with E-state index in [2.05, 4.69) is 16.1 Å². The molecule has 0 amide bonds. The summed E-state index contributed by atoms with van der Waals surface area (Å²) in [6, 6.07) is 6.28. The molecule has 3 nitrogen and oxygen atoms in total. The number of hydrogen-bond acceptors (Lipinski definition) is 4. The molecule has 18 heavy (non-hydrogen) atoms. The molecule has 1 aliphatic rings. The second-order valence-electron chi connectivity index (χ2n) is 4.15. The predicted octanol–water partition coefficient (Wildman–Crippen LogP) is 3.03. The number of carbonyl (C=O) groups excluding carboxylic acids is 1. The van der Waals surface area contributed by atoms with Crippen molar-refractivity contribution in [2.45, 2.75) is 23.8 Å². The van der Waals surface area contributed by atoms with E-state index in [-0.39, 0.29) is 12.0 Å². The van der Waals surface area contributed by atoms with Crippen LogP contribution in [0.2, 0.25) is 5.02 Å². The SMILES string of the molecule is COC(=O)CCNC1CCSc2ccc(Cl)cc21. The summed E-state index contributed by atoms with van der Waals surface area (Å²) in [5.74, 6) is 0.906. The lowest BCUT2D eigenvalue weighted by Crippen LogP contribution is -2.27. The van der Waals surface area contributed by atoms with Crippen molar-refractivity contribution in [2.24, 2.45) is 0 Å². The number of methoxy groups -OCH3 is 1. The van der Waals surface area contributed by atoms with E-state index in [4.69, 9.17) is 11.6 Å². The van der Waals surface area contributed by atoms with Gasteiger partial charge in [0.15, 0.2) is 0 Å². The molecule has 98 valence electrons. The van der Waals surface area contributed by atoms with Gasteiger partial charge in [-0.05, 0) is 35.9 Å². The van der Waals surface area contributed by atoms with E-state index in [0.717, 1.165) is 17.2 Å². The molecule has 0 bridgehead atoms. The van der Waals surface area contributed by atoms with Crippen LogP contribution in [-0.4, -0.2) is 25.4 Å². The lowest BCUT2D eigenvalue weighted by Gasteiger charge is -2.26. The monoisotopic (exact) mass is 285 g/mol. The molecule has 0 aliphatic carbocycles. The van der Waals surface area contributed by atoms with Crippen molar-refractivity contribution in [3.8, 4) is 0 Å². The first-order valence-corrected chi connectivity index (χ1v) is 7.29. The van der Waals surface area contributed by atoms with Crippen LogP contribution in [0.3, 0.4) is 0 Å². The van der Waals surface area contributed by atoms with Gasteiger partial charge in [0.2, 0.25) is 0 Å². The third kappa shape index (κ3) is 3.40. The number of carbonyl (C=O) groups is 1.